The Kier molecular flexibility index (Phi) is 7.48. The molecule has 4 heteroatoms. The molecule has 0 aliphatic rings. The smallest absolute Gasteiger partial charge is 0.191 e. The zero-order valence-corrected chi connectivity index (χ0v) is 15.7. The van der Waals surface area contributed by atoms with Crippen LogP contribution in [0.1, 0.15) is 34.7 Å². The van der Waals surface area contributed by atoms with Gasteiger partial charge in [0.05, 0.1) is 6.61 Å². The van der Waals surface area contributed by atoms with Crippen LogP contribution in [0.15, 0.2) is 47.5 Å². The van der Waals surface area contributed by atoms with Crippen LogP contribution in [0.4, 0.5) is 0 Å². The second-order valence-corrected chi connectivity index (χ2v) is 6.16. The number of hydrogen-bond acceptors (Lipinski definition) is 2. The third kappa shape index (κ3) is 6.24. The molecule has 2 rings (SSSR count). The molecular formula is C21H29N3O. The fourth-order valence-electron chi connectivity index (χ4n) is 2.60. The van der Waals surface area contributed by atoms with Crippen LogP contribution in [0.3, 0.4) is 0 Å². The Morgan fingerprint density at radius 3 is 2.28 bits per heavy atom. The van der Waals surface area contributed by atoms with Crippen molar-refractivity contribution in [1.29, 1.82) is 0 Å². The molecule has 0 aliphatic carbocycles. The second kappa shape index (κ2) is 9.84. The maximum atomic E-state index is 5.42. The number of guanidine groups is 1. The van der Waals surface area contributed by atoms with Crippen LogP contribution in [0.2, 0.25) is 0 Å². The Morgan fingerprint density at radius 1 is 0.960 bits per heavy atom. The molecule has 0 unspecified atom stereocenters. The largest absolute Gasteiger partial charge is 0.377 e. The first-order chi connectivity index (χ1) is 12.1. The third-order valence-corrected chi connectivity index (χ3v) is 4.12. The van der Waals surface area contributed by atoms with Crippen LogP contribution < -0.4 is 10.6 Å². The fraction of sp³-hybridized carbons (Fsp3) is 0.381. The van der Waals surface area contributed by atoms with Gasteiger partial charge in [0.1, 0.15) is 0 Å². The first-order valence-corrected chi connectivity index (χ1v) is 8.78. The Bertz CT molecular complexity index is 693. The summed E-state index contributed by atoms with van der Waals surface area (Å²) < 4.78 is 5.42. The Balaban J connectivity index is 1.83. The van der Waals surface area contributed by atoms with E-state index in [9.17, 15) is 0 Å². The highest BCUT2D eigenvalue weighted by Gasteiger charge is 2.02. The molecule has 0 amide bonds. The van der Waals surface area contributed by atoms with E-state index in [1.807, 2.05) is 6.92 Å². The van der Waals surface area contributed by atoms with Gasteiger partial charge in [0.15, 0.2) is 5.96 Å². The first-order valence-electron chi connectivity index (χ1n) is 8.78. The lowest BCUT2D eigenvalue weighted by atomic mass is 10.1. The predicted molar refractivity (Wildman–Crippen MR) is 105 cm³/mol. The van der Waals surface area contributed by atoms with Crippen molar-refractivity contribution in [2.75, 3.05) is 13.7 Å². The summed E-state index contributed by atoms with van der Waals surface area (Å²) in [5.74, 6) is 0.804. The van der Waals surface area contributed by atoms with E-state index < -0.39 is 0 Å². The number of ether oxygens (including phenoxy) is 1. The summed E-state index contributed by atoms with van der Waals surface area (Å²) in [4.78, 5) is 4.30. The van der Waals surface area contributed by atoms with E-state index in [2.05, 4.69) is 71.9 Å². The van der Waals surface area contributed by atoms with Gasteiger partial charge in [-0.15, -0.1) is 0 Å². The Morgan fingerprint density at radius 2 is 1.64 bits per heavy atom. The van der Waals surface area contributed by atoms with Gasteiger partial charge in [-0.25, -0.2) is 0 Å². The first kappa shape index (κ1) is 19.0. The minimum Gasteiger partial charge on any atom is -0.377 e. The van der Waals surface area contributed by atoms with Gasteiger partial charge in [-0.3, -0.25) is 4.99 Å². The van der Waals surface area contributed by atoms with Gasteiger partial charge in [0, 0.05) is 26.7 Å². The highest BCUT2D eigenvalue weighted by atomic mass is 16.5. The zero-order chi connectivity index (χ0) is 18.1. The van der Waals surface area contributed by atoms with Gasteiger partial charge < -0.3 is 15.4 Å². The number of nitrogens with one attached hydrogen (secondary N) is 2. The summed E-state index contributed by atoms with van der Waals surface area (Å²) in [6.45, 7) is 9.18. The van der Waals surface area contributed by atoms with Crippen LogP contribution in [-0.2, 0) is 24.4 Å². The normalized spacial score (nSPS) is 11.4. The van der Waals surface area contributed by atoms with Crippen molar-refractivity contribution in [2.45, 2.75) is 40.5 Å². The molecule has 0 atom stereocenters. The molecule has 25 heavy (non-hydrogen) atoms. The lowest BCUT2D eigenvalue weighted by Gasteiger charge is -2.14. The molecular weight excluding hydrogens is 310 g/mol. The molecule has 0 spiro atoms. The fourth-order valence-corrected chi connectivity index (χ4v) is 2.60. The number of benzene rings is 2. The van der Waals surface area contributed by atoms with Gasteiger partial charge in [-0.1, -0.05) is 48.0 Å². The predicted octanol–water partition coefficient (Wildman–Crippen LogP) is 3.71. The van der Waals surface area contributed by atoms with Crippen LogP contribution in [0, 0.1) is 13.8 Å². The van der Waals surface area contributed by atoms with Gasteiger partial charge in [-0.05, 0) is 43.0 Å². The molecule has 0 aromatic heterocycles. The molecule has 0 saturated carbocycles. The summed E-state index contributed by atoms with van der Waals surface area (Å²) in [6.07, 6.45) is 0. The summed E-state index contributed by atoms with van der Waals surface area (Å²) >= 11 is 0. The van der Waals surface area contributed by atoms with Crippen LogP contribution >= 0.6 is 0 Å². The molecule has 0 heterocycles. The molecule has 0 aliphatic heterocycles. The summed E-state index contributed by atoms with van der Waals surface area (Å²) in [5.41, 5.74) is 6.29. The highest BCUT2D eigenvalue weighted by Crippen LogP contribution is 2.10. The molecule has 0 bridgehead atoms. The standard InChI is InChI=1S/C21H29N3O/c1-5-25-15-19-9-7-18(8-10-19)13-23-21(22-4)24-14-20-11-6-16(2)12-17(20)3/h6-12H,5,13-15H2,1-4H3,(H2,22,23,24). The monoisotopic (exact) mass is 339 g/mol. The van der Waals surface area contributed by atoms with Gasteiger partial charge in [0.25, 0.3) is 0 Å². The van der Waals surface area contributed by atoms with E-state index in [0.29, 0.717) is 6.61 Å². The van der Waals surface area contributed by atoms with Gasteiger partial charge in [-0.2, -0.15) is 0 Å². The van der Waals surface area contributed by atoms with Crippen molar-refractivity contribution in [2.24, 2.45) is 4.99 Å². The molecule has 0 saturated heterocycles. The van der Waals surface area contributed by atoms with Crippen molar-refractivity contribution < 1.29 is 4.74 Å². The van der Waals surface area contributed by atoms with Crippen molar-refractivity contribution in [3.63, 3.8) is 0 Å². The Labute approximate surface area is 151 Å². The number of hydrogen-bond donors (Lipinski definition) is 2. The molecule has 134 valence electrons. The number of nitrogens with zero attached hydrogens (tertiary/aromatic N) is 1. The molecule has 0 radical (unpaired) electrons. The average molecular weight is 339 g/mol. The van der Waals surface area contributed by atoms with E-state index in [1.54, 1.807) is 7.05 Å². The number of aliphatic imine (C=N–C) groups is 1. The number of rotatable bonds is 7. The third-order valence-electron chi connectivity index (χ3n) is 4.12. The minimum absolute atomic E-state index is 0.670. The van der Waals surface area contributed by atoms with E-state index in [4.69, 9.17) is 4.74 Å². The van der Waals surface area contributed by atoms with Crippen molar-refractivity contribution in [3.05, 3.63) is 70.3 Å². The van der Waals surface area contributed by atoms with Crippen molar-refractivity contribution in [1.82, 2.24) is 10.6 Å². The summed E-state index contributed by atoms with van der Waals surface area (Å²) in [7, 11) is 1.79. The van der Waals surface area contributed by atoms with Crippen LogP contribution in [0.25, 0.3) is 0 Å². The maximum absolute atomic E-state index is 5.42. The van der Waals surface area contributed by atoms with E-state index >= 15 is 0 Å². The highest BCUT2D eigenvalue weighted by molar-refractivity contribution is 5.79. The van der Waals surface area contributed by atoms with Gasteiger partial charge >= 0.3 is 0 Å². The average Bonchev–Trinajstić information content (AvgIpc) is 2.62. The molecule has 2 aromatic carbocycles. The summed E-state index contributed by atoms with van der Waals surface area (Å²) in [6, 6.07) is 15.0. The lowest BCUT2D eigenvalue weighted by Crippen LogP contribution is -2.36. The van der Waals surface area contributed by atoms with Crippen molar-refractivity contribution >= 4 is 5.96 Å². The molecule has 2 aromatic rings. The van der Waals surface area contributed by atoms with Crippen LogP contribution in [-0.4, -0.2) is 19.6 Å². The topological polar surface area (TPSA) is 45.6 Å². The minimum atomic E-state index is 0.670. The van der Waals surface area contributed by atoms with E-state index in [1.165, 1.54) is 27.8 Å². The number of aryl methyl sites for hydroxylation is 2. The van der Waals surface area contributed by atoms with E-state index in [0.717, 1.165) is 25.7 Å². The SMILES string of the molecule is CCOCc1ccc(CNC(=NC)NCc2ccc(C)cc2C)cc1. The van der Waals surface area contributed by atoms with Crippen LogP contribution in [0.5, 0.6) is 0 Å². The molecule has 0 fully saturated rings. The second-order valence-electron chi connectivity index (χ2n) is 6.16. The molecule has 2 N–H and O–H groups in total. The zero-order valence-electron chi connectivity index (χ0n) is 15.7. The van der Waals surface area contributed by atoms with Gasteiger partial charge in [0.2, 0.25) is 0 Å². The Hall–Kier alpha value is -2.33. The quantitative estimate of drug-likeness (QED) is 0.597. The van der Waals surface area contributed by atoms with E-state index in [-0.39, 0.29) is 0 Å². The summed E-state index contributed by atoms with van der Waals surface area (Å²) in [5, 5.41) is 6.73. The maximum Gasteiger partial charge on any atom is 0.191 e. The van der Waals surface area contributed by atoms with Crippen molar-refractivity contribution in [3.8, 4) is 0 Å². The lowest BCUT2D eigenvalue weighted by molar-refractivity contribution is 0.134. The molecule has 4 nitrogen and oxygen atoms in total.